The molecule has 0 aromatic heterocycles. The summed E-state index contributed by atoms with van der Waals surface area (Å²) in [6.45, 7) is 10.5. The van der Waals surface area contributed by atoms with Gasteiger partial charge in [-0.25, -0.2) is 0 Å². The molecule has 1 N–H and O–H groups in total. The van der Waals surface area contributed by atoms with Gasteiger partial charge in [0.25, 0.3) is 0 Å². The van der Waals surface area contributed by atoms with Gasteiger partial charge in [0.2, 0.25) is 0 Å². The Labute approximate surface area is 111 Å². The first kappa shape index (κ1) is 14.9. The fourth-order valence-corrected chi connectivity index (χ4v) is 2.06. The van der Waals surface area contributed by atoms with Crippen LogP contribution in [0.15, 0.2) is 18.2 Å². The highest BCUT2D eigenvalue weighted by Gasteiger charge is 2.21. The van der Waals surface area contributed by atoms with E-state index in [0.29, 0.717) is 0 Å². The predicted octanol–water partition coefficient (Wildman–Crippen LogP) is 3.47. The van der Waals surface area contributed by atoms with Crippen molar-refractivity contribution < 1.29 is 4.79 Å². The number of Topliss-reactive ketones (excluding diaryl/α,β-unsaturated/α-hetero) is 1. The van der Waals surface area contributed by atoms with E-state index in [9.17, 15) is 4.79 Å². The summed E-state index contributed by atoms with van der Waals surface area (Å²) in [7, 11) is 1.84. The smallest absolute Gasteiger partial charge is 0.179 e. The van der Waals surface area contributed by atoms with Gasteiger partial charge in [0.05, 0.1) is 6.04 Å². The van der Waals surface area contributed by atoms with Gasteiger partial charge < -0.3 is 5.32 Å². The zero-order chi connectivity index (χ0) is 13.9. The Morgan fingerprint density at radius 2 is 1.94 bits per heavy atom. The van der Waals surface area contributed by atoms with Crippen molar-refractivity contribution in [2.45, 2.75) is 52.5 Å². The molecule has 0 aliphatic heterocycles. The van der Waals surface area contributed by atoms with Gasteiger partial charge in [-0.2, -0.15) is 0 Å². The van der Waals surface area contributed by atoms with Crippen LogP contribution < -0.4 is 5.32 Å². The van der Waals surface area contributed by atoms with E-state index in [4.69, 9.17) is 0 Å². The second kappa shape index (κ2) is 5.66. The number of hydrogen-bond donors (Lipinski definition) is 1. The minimum Gasteiger partial charge on any atom is -0.310 e. The van der Waals surface area contributed by atoms with Crippen LogP contribution in [0.5, 0.6) is 0 Å². The number of benzene rings is 1. The van der Waals surface area contributed by atoms with E-state index in [1.54, 1.807) is 0 Å². The van der Waals surface area contributed by atoms with Crippen LogP contribution in [0.4, 0.5) is 0 Å². The molecule has 1 rings (SSSR count). The molecule has 0 heterocycles. The molecule has 0 fully saturated rings. The SMILES string of the molecule is CCC(NC)C(=O)c1cc(C(C)(C)C)ccc1C. The Hall–Kier alpha value is -1.15. The average molecular weight is 247 g/mol. The van der Waals surface area contributed by atoms with Crippen molar-refractivity contribution in [2.24, 2.45) is 0 Å². The second-order valence-corrected chi connectivity index (χ2v) is 5.89. The average Bonchev–Trinajstić information content (AvgIpc) is 2.29. The Kier molecular flexibility index (Phi) is 4.69. The highest BCUT2D eigenvalue weighted by molar-refractivity contribution is 6.01. The van der Waals surface area contributed by atoms with Crippen molar-refractivity contribution in [2.75, 3.05) is 7.05 Å². The van der Waals surface area contributed by atoms with Crippen molar-refractivity contribution in [3.63, 3.8) is 0 Å². The first-order chi connectivity index (χ1) is 8.31. The van der Waals surface area contributed by atoms with Crippen molar-refractivity contribution in [1.29, 1.82) is 0 Å². The molecule has 1 aromatic rings. The molecule has 1 atom stereocenters. The fraction of sp³-hybridized carbons (Fsp3) is 0.562. The van der Waals surface area contributed by atoms with Gasteiger partial charge in [-0.1, -0.05) is 39.8 Å². The van der Waals surface area contributed by atoms with Gasteiger partial charge in [0.15, 0.2) is 5.78 Å². The third kappa shape index (κ3) is 3.20. The molecule has 1 unspecified atom stereocenters. The second-order valence-electron chi connectivity index (χ2n) is 5.89. The molecule has 0 amide bonds. The largest absolute Gasteiger partial charge is 0.310 e. The van der Waals surface area contributed by atoms with Crippen molar-refractivity contribution >= 4 is 5.78 Å². The number of carbonyl (C=O) groups excluding carboxylic acids is 1. The highest BCUT2D eigenvalue weighted by Crippen LogP contribution is 2.25. The number of ketones is 1. The zero-order valence-corrected chi connectivity index (χ0v) is 12.4. The van der Waals surface area contributed by atoms with Crippen LogP contribution in [0.3, 0.4) is 0 Å². The Balaban J connectivity index is 3.19. The standard InChI is InChI=1S/C16H25NO/c1-7-14(17-6)15(18)13-10-12(16(3,4)5)9-8-11(13)2/h8-10,14,17H,7H2,1-6H3. The molecule has 1 aromatic carbocycles. The summed E-state index contributed by atoms with van der Waals surface area (Å²) in [5.41, 5.74) is 3.19. The van der Waals surface area contributed by atoms with E-state index < -0.39 is 0 Å². The van der Waals surface area contributed by atoms with E-state index in [-0.39, 0.29) is 17.2 Å². The van der Waals surface area contributed by atoms with Gasteiger partial charge in [0, 0.05) is 5.56 Å². The van der Waals surface area contributed by atoms with Crippen molar-refractivity contribution in [1.82, 2.24) is 5.32 Å². The topological polar surface area (TPSA) is 29.1 Å². The molecule has 2 heteroatoms. The summed E-state index contributed by atoms with van der Waals surface area (Å²) in [5.74, 6) is 0.198. The molecule has 0 aliphatic carbocycles. The van der Waals surface area contributed by atoms with Crippen LogP contribution >= 0.6 is 0 Å². The van der Waals surface area contributed by atoms with E-state index in [1.807, 2.05) is 20.9 Å². The third-order valence-corrected chi connectivity index (χ3v) is 3.44. The fourth-order valence-electron chi connectivity index (χ4n) is 2.06. The molecule has 0 aliphatic rings. The quantitative estimate of drug-likeness (QED) is 0.825. The van der Waals surface area contributed by atoms with E-state index >= 15 is 0 Å². The first-order valence-corrected chi connectivity index (χ1v) is 6.63. The maximum absolute atomic E-state index is 12.4. The lowest BCUT2D eigenvalue weighted by Gasteiger charge is -2.21. The van der Waals surface area contributed by atoms with Crippen molar-refractivity contribution in [3.8, 4) is 0 Å². The number of likely N-dealkylation sites (N-methyl/N-ethyl adjacent to an activating group) is 1. The molecular weight excluding hydrogens is 222 g/mol. The lowest BCUT2D eigenvalue weighted by Crippen LogP contribution is -2.34. The Morgan fingerprint density at radius 1 is 1.33 bits per heavy atom. The molecule has 0 saturated heterocycles. The first-order valence-electron chi connectivity index (χ1n) is 6.63. The number of aryl methyl sites for hydroxylation is 1. The van der Waals surface area contributed by atoms with E-state index in [1.165, 1.54) is 5.56 Å². The van der Waals surface area contributed by atoms with Gasteiger partial charge >= 0.3 is 0 Å². The molecule has 100 valence electrons. The van der Waals surface area contributed by atoms with Gasteiger partial charge in [-0.3, -0.25) is 4.79 Å². The Bertz CT molecular complexity index is 425. The Morgan fingerprint density at radius 3 is 2.39 bits per heavy atom. The summed E-state index contributed by atoms with van der Waals surface area (Å²) in [6, 6.07) is 6.14. The molecule has 0 bridgehead atoms. The molecule has 0 saturated carbocycles. The van der Waals surface area contributed by atoms with Crippen LogP contribution in [0.2, 0.25) is 0 Å². The minimum atomic E-state index is -0.0843. The van der Waals surface area contributed by atoms with Gasteiger partial charge in [-0.05, 0) is 43.0 Å². The molecule has 0 spiro atoms. The monoisotopic (exact) mass is 247 g/mol. The van der Waals surface area contributed by atoms with E-state index in [2.05, 4.69) is 44.3 Å². The maximum atomic E-state index is 12.4. The summed E-state index contributed by atoms with van der Waals surface area (Å²) in [6.07, 6.45) is 0.814. The summed E-state index contributed by atoms with van der Waals surface area (Å²) in [4.78, 5) is 12.4. The summed E-state index contributed by atoms with van der Waals surface area (Å²) >= 11 is 0. The maximum Gasteiger partial charge on any atom is 0.179 e. The van der Waals surface area contributed by atoms with Crippen LogP contribution in [-0.2, 0) is 5.41 Å². The van der Waals surface area contributed by atoms with Crippen molar-refractivity contribution in [3.05, 3.63) is 34.9 Å². The van der Waals surface area contributed by atoms with Gasteiger partial charge in [0.1, 0.15) is 0 Å². The van der Waals surface area contributed by atoms with Crippen LogP contribution in [-0.4, -0.2) is 18.9 Å². The summed E-state index contributed by atoms with van der Waals surface area (Å²) in [5, 5.41) is 3.09. The van der Waals surface area contributed by atoms with Crippen LogP contribution in [0, 0.1) is 6.92 Å². The third-order valence-electron chi connectivity index (χ3n) is 3.44. The van der Waals surface area contributed by atoms with Gasteiger partial charge in [-0.15, -0.1) is 0 Å². The number of carbonyl (C=O) groups is 1. The lowest BCUT2D eigenvalue weighted by atomic mass is 9.84. The summed E-state index contributed by atoms with van der Waals surface area (Å²) < 4.78 is 0. The molecule has 0 radical (unpaired) electrons. The number of hydrogen-bond acceptors (Lipinski definition) is 2. The van der Waals surface area contributed by atoms with Crippen LogP contribution in [0.25, 0.3) is 0 Å². The van der Waals surface area contributed by atoms with Crippen LogP contribution in [0.1, 0.15) is 55.6 Å². The van der Waals surface area contributed by atoms with E-state index in [0.717, 1.165) is 17.5 Å². The highest BCUT2D eigenvalue weighted by atomic mass is 16.1. The molecular formula is C16H25NO. The zero-order valence-electron chi connectivity index (χ0n) is 12.4. The molecule has 18 heavy (non-hydrogen) atoms. The lowest BCUT2D eigenvalue weighted by molar-refractivity contribution is 0.0944. The normalized spacial score (nSPS) is 13.4. The molecule has 2 nitrogen and oxygen atoms in total. The minimum absolute atomic E-state index is 0.0735. The predicted molar refractivity (Wildman–Crippen MR) is 77.3 cm³/mol. The number of nitrogens with one attached hydrogen (secondary N) is 1. The number of rotatable bonds is 4.